The fraction of sp³-hybridized carbons (Fsp3) is 0.364. The lowest BCUT2D eigenvalue weighted by Gasteiger charge is -2.14. The molecule has 2 aromatic carbocycles. The zero-order valence-electron chi connectivity index (χ0n) is 17.0. The third kappa shape index (κ3) is 5.74. The quantitative estimate of drug-likeness (QED) is 0.691. The number of amides is 1. The van der Waals surface area contributed by atoms with Gasteiger partial charge < -0.3 is 19.5 Å². The van der Waals surface area contributed by atoms with Gasteiger partial charge in [0.25, 0.3) is 5.91 Å². The Kier molecular flexibility index (Phi) is 7.44. The lowest BCUT2D eigenvalue weighted by atomic mass is 10.1. The normalized spacial score (nSPS) is 10.5. The van der Waals surface area contributed by atoms with E-state index < -0.39 is 11.9 Å². The molecular formula is C22H27NO5. The first-order valence-corrected chi connectivity index (χ1v) is 9.15. The monoisotopic (exact) mass is 385 g/mol. The zero-order valence-corrected chi connectivity index (χ0v) is 17.0. The van der Waals surface area contributed by atoms with Crippen molar-refractivity contribution in [1.82, 2.24) is 0 Å². The summed E-state index contributed by atoms with van der Waals surface area (Å²) in [7, 11) is 1.50. The van der Waals surface area contributed by atoms with Crippen LogP contribution >= 0.6 is 0 Å². The Morgan fingerprint density at radius 3 is 2.32 bits per heavy atom. The minimum absolute atomic E-state index is 0.286. The summed E-state index contributed by atoms with van der Waals surface area (Å²) in [6, 6.07) is 10.5. The molecule has 0 saturated carbocycles. The molecular weight excluding hydrogens is 358 g/mol. The van der Waals surface area contributed by atoms with Crippen molar-refractivity contribution in [1.29, 1.82) is 0 Å². The molecule has 0 spiro atoms. The van der Waals surface area contributed by atoms with Gasteiger partial charge in [-0.1, -0.05) is 32.0 Å². The fourth-order valence-electron chi connectivity index (χ4n) is 2.57. The Labute approximate surface area is 165 Å². The second-order valence-corrected chi connectivity index (χ2v) is 6.96. The van der Waals surface area contributed by atoms with Crippen LogP contribution in [-0.2, 0) is 9.53 Å². The standard InChI is InChI=1S/C22H27NO5/c1-14(2)12-27-18-10-9-17(11-19(18)26-5)22(25)28-13-20(24)23-21-15(3)7-6-8-16(21)4/h6-11,14H,12-13H2,1-5H3,(H,23,24). The lowest BCUT2D eigenvalue weighted by molar-refractivity contribution is -0.119. The highest BCUT2D eigenvalue weighted by Crippen LogP contribution is 2.28. The minimum atomic E-state index is -0.606. The van der Waals surface area contributed by atoms with Crippen molar-refractivity contribution in [2.45, 2.75) is 27.7 Å². The number of aryl methyl sites for hydroxylation is 2. The van der Waals surface area contributed by atoms with E-state index in [2.05, 4.69) is 5.32 Å². The average molecular weight is 385 g/mol. The Balaban J connectivity index is 1.98. The van der Waals surface area contributed by atoms with Crippen molar-refractivity contribution in [3.8, 4) is 11.5 Å². The van der Waals surface area contributed by atoms with Crippen LogP contribution in [0.4, 0.5) is 5.69 Å². The highest BCUT2D eigenvalue weighted by molar-refractivity contribution is 5.96. The topological polar surface area (TPSA) is 73.9 Å². The summed E-state index contributed by atoms with van der Waals surface area (Å²) in [6.45, 7) is 8.07. The highest BCUT2D eigenvalue weighted by Gasteiger charge is 2.15. The number of para-hydroxylation sites is 1. The van der Waals surface area contributed by atoms with Crippen LogP contribution in [0.15, 0.2) is 36.4 Å². The van der Waals surface area contributed by atoms with Gasteiger partial charge >= 0.3 is 5.97 Å². The molecule has 2 aromatic rings. The first-order valence-electron chi connectivity index (χ1n) is 9.15. The van der Waals surface area contributed by atoms with Gasteiger partial charge in [-0.25, -0.2) is 4.79 Å². The number of carbonyl (C=O) groups is 2. The number of hydrogen-bond acceptors (Lipinski definition) is 5. The first kappa shape index (κ1) is 21.3. The van der Waals surface area contributed by atoms with Crippen LogP contribution in [-0.4, -0.2) is 32.2 Å². The van der Waals surface area contributed by atoms with Gasteiger partial charge in [-0.05, 0) is 49.1 Å². The second kappa shape index (κ2) is 9.78. The van der Waals surface area contributed by atoms with E-state index in [1.807, 2.05) is 45.9 Å². The van der Waals surface area contributed by atoms with Gasteiger partial charge in [-0.2, -0.15) is 0 Å². The van der Waals surface area contributed by atoms with Crippen LogP contribution in [0.25, 0.3) is 0 Å². The second-order valence-electron chi connectivity index (χ2n) is 6.96. The average Bonchev–Trinajstić information content (AvgIpc) is 2.67. The molecule has 0 aliphatic heterocycles. The molecule has 6 heteroatoms. The number of rotatable bonds is 8. The van der Waals surface area contributed by atoms with Crippen molar-refractivity contribution in [2.24, 2.45) is 5.92 Å². The van der Waals surface area contributed by atoms with E-state index >= 15 is 0 Å². The molecule has 1 N–H and O–H groups in total. The highest BCUT2D eigenvalue weighted by atomic mass is 16.5. The maximum atomic E-state index is 12.3. The van der Waals surface area contributed by atoms with Crippen molar-refractivity contribution in [2.75, 3.05) is 25.6 Å². The maximum absolute atomic E-state index is 12.3. The predicted molar refractivity (Wildman–Crippen MR) is 108 cm³/mol. The molecule has 2 rings (SSSR count). The van der Waals surface area contributed by atoms with E-state index in [4.69, 9.17) is 14.2 Å². The van der Waals surface area contributed by atoms with Crippen LogP contribution in [0.2, 0.25) is 0 Å². The van der Waals surface area contributed by atoms with E-state index in [1.54, 1.807) is 18.2 Å². The molecule has 0 aliphatic carbocycles. The third-order valence-corrected chi connectivity index (χ3v) is 4.05. The van der Waals surface area contributed by atoms with Crippen LogP contribution in [0, 0.1) is 19.8 Å². The number of anilines is 1. The van der Waals surface area contributed by atoms with E-state index in [0.717, 1.165) is 16.8 Å². The van der Waals surface area contributed by atoms with Crippen molar-refractivity contribution in [3.05, 3.63) is 53.1 Å². The molecule has 6 nitrogen and oxygen atoms in total. The summed E-state index contributed by atoms with van der Waals surface area (Å²) < 4.78 is 16.1. The van der Waals surface area contributed by atoms with E-state index in [1.165, 1.54) is 7.11 Å². The molecule has 28 heavy (non-hydrogen) atoms. The molecule has 0 unspecified atom stereocenters. The number of ether oxygens (including phenoxy) is 3. The molecule has 0 radical (unpaired) electrons. The summed E-state index contributed by atoms with van der Waals surface area (Å²) in [5.41, 5.74) is 2.91. The Hall–Kier alpha value is -3.02. The Bertz CT molecular complexity index is 825. The first-order chi connectivity index (χ1) is 13.3. The minimum Gasteiger partial charge on any atom is -0.493 e. The van der Waals surface area contributed by atoms with Gasteiger partial charge in [0.15, 0.2) is 18.1 Å². The van der Waals surface area contributed by atoms with Crippen molar-refractivity contribution < 1.29 is 23.8 Å². The van der Waals surface area contributed by atoms with Gasteiger partial charge in [-0.3, -0.25) is 4.79 Å². The van der Waals surface area contributed by atoms with Crippen LogP contribution in [0.5, 0.6) is 11.5 Å². The molecule has 0 aliphatic rings. The number of hydrogen-bond donors (Lipinski definition) is 1. The number of esters is 1. The predicted octanol–water partition coefficient (Wildman–Crippen LogP) is 4.14. The van der Waals surface area contributed by atoms with Gasteiger partial charge in [0, 0.05) is 5.69 Å². The molecule has 0 atom stereocenters. The summed E-state index contributed by atoms with van der Waals surface area (Å²) in [6.07, 6.45) is 0. The van der Waals surface area contributed by atoms with Gasteiger partial charge in [0.2, 0.25) is 0 Å². The maximum Gasteiger partial charge on any atom is 0.338 e. The number of carbonyl (C=O) groups excluding carboxylic acids is 2. The Morgan fingerprint density at radius 2 is 1.71 bits per heavy atom. The SMILES string of the molecule is COc1cc(C(=O)OCC(=O)Nc2c(C)cccc2C)ccc1OCC(C)C. The zero-order chi connectivity index (χ0) is 20.7. The molecule has 0 fully saturated rings. The van der Waals surface area contributed by atoms with Gasteiger partial charge in [0.05, 0.1) is 19.3 Å². The van der Waals surface area contributed by atoms with E-state index in [0.29, 0.717) is 24.0 Å². The molecule has 0 heterocycles. The molecule has 0 saturated heterocycles. The molecule has 150 valence electrons. The Morgan fingerprint density at radius 1 is 1.04 bits per heavy atom. The summed E-state index contributed by atoms with van der Waals surface area (Å²) in [5.74, 6) is 0.361. The number of benzene rings is 2. The summed E-state index contributed by atoms with van der Waals surface area (Å²) in [4.78, 5) is 24.4. The number of methoxy groups -OCH3 is 1. The van der Waals surface area contributed by atoms with Gasteiger partial charge in [-0.15, -0.1) is 0 Å². The van der Waals surface area contributed by atoms with E-state index in [9.17, 15) is 9.59 Å². The largest absolute Gasteiger partial charge is 0.493 e. The van der Waals surface area contributed by atoms with Gasteiger partial charge in [0.1, 0.15) is 0 Å². The number of nitrogens with one attached hydrogen (secondary N) is 1. The third-order valence-electron chi connectivity index (χ3n) is 4.05. The van der Waals surface area contributed by atoms with Crippen LogP contribution in [0.1, 0.15) is 35.3 Å². The molecule has 0 bridgehead atoms. The van der Waals surface area contributed by atoms with E-state index in [-0.39, 0.29) is 12.2 Å². The fourth-order valence-corrected chi connectivity index (χ4v) is 2.57. The summed E-state index contributed by atoms with van der Waals surface area (Å²) >= 11 is 0. The lowest BCUT2D eigenvalue weighted by Crippen LogP contribution is -2.21. The van der Waals surface area contributed by atoms with Crippen molar-refractivity contribution >= 4 is 17.6 Å². The van der Waals surface area contributed by atoms with Crippen LogP contribution < -0.4 is 14.8 Å². The molecule has 0 aromatic heterocycles. The summed E-state index contributed by atoms with van der Waals surface area (Å²) in [5, 5.41) is 2.78. The molecule has 1 amide bonds. The smallest absolute Gasteiger partial charge is 0.338 e. The van der Waals surface area contributed by atoms with Crippen LogP contribution in [0.3, 0.4) is 0 Å². The van der Waals surface area contributed by atoms with Crippen molar-refractivity contribution in [3.63, 3.8) is 0 Å².